The van der Waals surface area contributed by atoms with Gasteiger partial charge in [-0.05, 0) is 62.7 Å². The van der Waals surface area contributed by atoms with E-state index in [1.54, 1.807) is 0 Å². The van der Waals surface area contributed by atoms with E-state index < -0.39 is 0 Å². The normalized spacial score (nSPS) is 18.8. The number of carbonyl (C=O) groups is 2. The maximum atomic E-state index is 12.6. The molecule has 0 bridgehead atoms. The topological polar surface area (TPSA) is 66.7 Å². The minimum absolute atomic E-state index is 0. The van der Waals surface area contributed by atoms with Gasteiger partial charge in [0.15, 0.2) is 0 Å². The van der Waals surface area contributed by atoms with E-state index in [4.69, 9.17) is 0 Å². The lowest BCUT2D eigenvalue weighted by molar-refractivity contribution is -0.139. The third kappa shape index (κ3) is 4.62. The second kappa shape index (κ2) is 9.65. The summed E-state index contributed by atoms with van der Waals surface area (Å²) < 4.78 is 2.07. The van der Waals surface area contributed by atoms with Gasteiger partial charge in [-0.3, -0.25) is 14.0 Å². The SMILES string of the molecule is Cl.O=C(NCCCC1CCN(C(=O)C2CCC2)CC1)C1=Cc2cnc3cccc(n23)S1. The van der Waals surface area contributed by atoms with Gasteiger partial charge in [0.2, 0.25) is 5.91 Å². The molecule has 1 aliphatic carbocycles. The van der Waals surface area contributed by atoms with Crippen molar-refractivity contribution in [3.8, 4) is 0 Å². The number of hydrogen-bond acceptors (Lipinski definition) is 4. The van der Waals surface area contributed by atoms with Crippen molar-refractivity contribution in [1.29, 1.82) is 0 Å². The molecule has 1 saturated carbocycles. The highest BCUT2D eigenvalue weighted by molar-refractivity contribution is 8.04. The van der Waals surface area contributed by atoms with Gasteiger partial charge in [0.25, 0.3) is 5.91 Å². The summed E-state index contributed by atoms with van der Waals surface area (Å²) in [5.41, 5.74) is 1.86. The zero-order valence-electron chi connectivity index (χ0n) is 17.6. The van der Waals surface area contributed by atoms with Crippen molar-refractivity contribution < 1.29 is 9.59 Å². The van der Waals surface area contributed by atoms with Crippen molar-refractivity contribution in [2.45, 2.75) is 50.0 Å². The van der Waals surface area contributed by atoms with Crippen LogP contribution in [0.2, 0.25) is 0 Å². The summed E-state index contributed by atoms with van der Waals surface area (Å²) >= 11 is 1.49. The highest BCUT2D eigenvalue weighted by Gasteiger charge is 2.31. The van der Waals surface area contributed by atoms with E-state index in [0.717, 1.165) is 72.9 Å². The van der Waals surface area contributed by atoms with Crippen LogP contribution < -0.4 is 5.32 Å². The maximum Gasteiger partial charge on any atom is 0.258 e. The second-order valence-electron chi connectivity index (χ2n) is 8.65. The van der Waals surface area contributed by atoms with Crippen molar-refractivity contribution in [1.82, 2.24) is 19.6 Å². The Morgan fingerprint density at radius 1 is 1.16 bits per heavy atom. The molecule has 1 saturated heterocycles. The summed E-state index contributed by atoms with van der Waals surface area (Å²) in [6, 6.07) is 5.96. The summed E-state index contributed by atoms with van der Waals surface area (Å²) in [6.45, 7) is 2.52. The first kappa shape index (κ1) is 22.2. The number of halogens is 1. The Morgan fingerprint density at radius 3 is 2.71 bits per heavy atom. The molecular formula is C23H29ClN4O2S. The number of likely N-dealkylation sites (tertiary alicyclic amines) is 1. The summed E-state index contributed by atoms with van der Waals surface area (Å²) in [7, 11) is 0. The van der Waals surface area contributed by atoms with Crippen LogP contribution in [0, 0.1) is 11.8 Å². The number of aromatic nitrogens is 2. The molecule has 1 N–H and O–H groups in total. The van der Waals surface area contributed by atoms with E-state index in [2.05, 4.69) is 19.6 Å². The number of nitrogens with zero attached hydrogens (tertiary/aromatic N) is 3. The predicted octanol–water partition coefficient (Wildman–Crippen LogP) is 4.14. The van der Waals surface area contributed by atoms with Gasteiger partial charge in [0.1, 0.15) is 5.65 Å². The molecule has 2 aromatic heterocycles. The van der Waals surface area contributed by atoms with Crippen LogP contribution >= 0.6 is 24.2 Å². The molecule has 0 spiro atoms. The average molecular weight is 461 g/mol. The smallest absolute Gasteiger partial charge is 0.258 e. The van der Waals surface area contributed by atoms with Crippen LogP contribution in [0.3, 0.4) is 0 Å². The van der Waals surface area contributed by atoms with Crippen LogP contribution in [0.1, 0.15) is 50.6 Å². The highest BCUT2D eigenvalue weighted by Crippen LogP contribution is 2.34. The molecule has 0 unspecified atom stereocenters. The molecular weight excluding hydrogens is 432 g/mol. The third-order valence-corrected chi connectivity index (χ3v) is 7.74. The molecule has 3 aliphatic rings. The summed E-state index contributed by atoms with van der Waals surface area (Å²) in [5.74, 6) is 1.37. The molecule has 2 aliphatic heterocycles. The van der Waals surface area contributed by atoms with Crippen molar-refractivity contribution in [3.05, 3.63) is 35.0 Å². The van der Waals surface area contributed by atoms with Crippen LogP contribution in [-0.2, 0) is 9.59 Å². The second-order valence-corrected chi connectivity index (χ2v) is 9.71. The van der Waals surface area contributed by atoms with E-state index in [1.165, 1.54) is 18.2 Å². The fraction of sp³-hybridized carbons (Fsp3) is 0.522. The van der Waals surface area contributed by atoms with E-state index in [0.29, 0.717) is 24.3 Å². The molecule has 5 rings (SSSR count). The first-order valence-electron chi connectivity index (χ1n) is 11.1. The number of hydrogen-bond donors (Lipinski definition) is 1. The first-order chi connectivity index (χ1) is 14.7. The van der Waals surface area contributed by atoms with Gasteiger partial charge in [0.05, 0.1) is 21.8 Å². The number of piperidine rings is 1. The number of amides is 2. The lowest BCUT2D eigenvalue weighted by Crippen LogP contribution is -2.43. The fourth-order valence-electron chi connectivity index (χ4n) is 4.63. The van der Waals surface area contributed by atoms with Crippen LogP contribution in [0.4, 0.5) is 0 Å². The van der Waals surface area contributed by atoms with Crippen molar-refractivity contribution in [2.75, 3.05) is 19.6 Å². The van der Waals surface area contributed by atoms with Gasteiger partial charge in [-0.15, -0.1) is 12.4 Å². The Kier molecular flexibility index (Phi) is 6.92. The van der Waals surface area contributed by atoms with Crippen molar-refractivity contribution >= 4 is 47.7 Å². The Morgan fingerprint density at radius 2 is 1.97 bits per heavy atom. The maximum absolute atomic E-state index is 12.6. The molecule has 6 nitrogen and oxygen atoms in total. The number of carbonyl (C=O) groups excluding carboxylic acids is 2. The molecule has 31 heavy (non-hydrogen) atoms. The van der Waals surface area contributed by atoms with E-state index in [-0.39, 0.29) is 18.3 Å². The molecule has 4 heterocycles. The molecule has 0 atom stereocenters. The van der Waals surface area contributed by atoms with Crippen LogP contribution in [0.25, 0.3) is 11.7 Å². The monoisotopic (exact) mass is 460 g/mol. The number of pyridine rings is 1. The van der Waals surface area contributed by atoms with Crippen molar-refractivity contribution in [2.24, 2.45) is 11.8 Å². The zero-order valence-corrected chi connectivity index (χ0v) is 19.2. The van der Waals surface area contributed by atoms with Gasteiger partial charge in [-0.2, -0.15) is 0 Å². The Labute approximate surface area is 193 Å². The molecule has 2 amide bonds. The number of rotatable bonds is 6. The van der Waals surface area contributed by atoms with Gasteiger partial charge in [0, 0.05) is 25.6 Å². The largest absolute Gasteiger partial charge is 0.352 e. The van der Waals surface area contributed by atoms with Crippen molar-refractivity contribution in [3.63, 3.8) is 0 Å². The van der Waals surface area contributed by atoms with Crippen LogP contribution in [0.15, 0.2) is 34.3 Å². The molecule has 8 heteroatoms. The quantitative estimate of drug-likeness (QED) is 0.658. The lowest BCUT2D eigenvalue weighted by Gasteiger charge is -2.36. The molecule has 166 valence electrons. The third-order valence-electron chi connectivity index (χ3n) is 6.69. The zero-order chi connectivity index (χ0) is 20.5. The van der Waals surface area contributed by atoms with Crippen LogP contribution in [-0.4, -0.2) is 45.7 Å². The molecule has 0 aromatic carbocycles. The molecule has 0 radical (unpaired) electrons. The first-order valence-corrected chi connectivity index (χ1v) is 11.9. The standard InChI is InChI=1S/C23H28N4O2S.ClH/c28-22(19-14-18-15-25-20-7-2-8-21(30-19)27(18)20)24-11-3-4-16-9-12-26(13-10-16)23(29)17-5-1-6-17;/h2,7-8,14-17H,1,3-6,9-13H2,(H,24,28);1H. The molecule has 2 aromatic rings. The Balaban J connectivity index is 0.00000231. The minimum atomic E-state index is -0.00892. The van der Waals surface area contributed by atoms with Crippen LogP contribution in [0.5, 0.6) is 0 Å². The van der Waals surface area contributed by atoms with Gasteiger partial charge >= 0.3 is 0 Å². The van der Waals surface area contributed by atoms with Gasteiger partial charge in [-0.25, -0.2) is 4.98 Å². The average Bonchev–Trinajstić information content (AvgIpc) is 3.15. The lowest BCUT2D eigenvalue weighted by atomic mass is 9.83. The van der Waals surface area contributed by atoms with Gasteiger partial charge < -0.3 is 10.2 Å². The summed E-state index contributed by atoms with van der Waals surface area (Å²) in [5, 5.41) is 4.11. The molecule has 2 fully saturated rings. The predicted molar refractivity (Wildman–Crippen MR) is 125 cm³/mol. The van der Waals surface area contributed by atoms with E-state index in [9.17, 15) is 9.59 Å². The number of thioether (sulfide) groups is 1. The Hall–Kier alpha value is -1.99. The minimum Gasteiger partial charge on any atom is -0.352 e. The van der Waals surface area contributed by atoms with E-state index >= 15 is 0 Å². The fourth-order valence-corrected chi connectivity index (χ4v) is 5.64. The van der Waals surface area contributed by atoms with E-state index in [1.807, 2.05) is 30.5 Å². The summed E-state index contributed by atoms with van der Waals surface area (Å²) in [6.07, 6.45) is 11.4. The highest BCUT2D eigenvalue weighted by atomic mass is 35.5. The summed E-state index contributed by atoms with van der Waals surface area (Å²) in [4.78, 5) is 32.2. The number of nitrogens with one attached hydrogen (secondary N) is 1. The number of imidazole rings is 1. The Bertz CT molecular complexity index is 993. The van der Waals surface area contributed by atoms with Gasteiger partial charge in [-0.1, -0.05) is 24.2 Å².